The van der Waals surface area contributed by atoms with Gasteiger partial charge in [0.15, 0.2) is 0 Å². The van der Waals surface area contributed by atoms with Gasteiger partial charge in [-0.1, -0.05) is 18.7 Å². The van der Waals surface area contributed by atoms with Crippen LogP contribution in [0.15, 0.2) is 42.6 Å². The molecule has 0 spiro atoms. The summed E-state index contributed by atoms with van der Waals surface area (Å²) in [7, 11) is 3.05. The van der Waals surface area contributed by atoms with Crippen molar-refractivity contribution in [3.8, 4) is 5.88 Å². The maximum Gasteiger partial charge on any atom is 0.326 e. The van der Waals surface area contributed by atoms with Crippen molar-refractivity contribution in [3.05, 3.63) is 59.6 Å². The minimum Gasteiger partial charge on any atom is -0.481 e. The van der Waals surface area contributed by atoms with Crippen LogP contribution in [-0.4, -0.2) is 85.2 Å². The number of fused-ring (bicyclic) bond motifs is 1. The zero-order chi connectivity index (χ0) is 29.8. The fourth-order valence-electron chi connectivity index (χ4n) is 4.91. The first kappa shape index (κ1) is 32.3. The number of halogens is 1. The van der Waals surface area contributed by atoms with Crippen molar-refractivity contribution in [2.24, 2.45) is 0 Å². The third kappa shape index (κ3) is 9.39. The van der Waals surface area contributed by atoms with Crippen LogP contribution >= 0.6 is 0 Å². The summed E-state index contributed by atoms with van der Waals surface area (Å²) in [6, 6.07) is 8.87. The van der Waals surface area contributed by atoms with Gasteiger partial charge in [-0.05, 0) is 76.6 Å². The standard InChI is InChI=1S/C31H46FN5O4/c1-22(31(2,3)27-12-8-13-28(36-27)41-5)34-26(30(38)39)16-19-37(21-25(20-32)40-4)18-7-6-11-24-15-14-23-10-9-17-33-29(23)35-24/h8,12-15,25-26,34H,1,6-7,9-11,16-21H2,2-5H3,(H,33,35)(H,38,39). The molecule has 3 N–H and O–H groups in total. The van der Waals surface area contributed by atoms with E-state index in [1.54, 1.807) is 13.2 Å². The summed E-state index contributed by atoms with van der Waals surface area (Å²) in [6.07, 6.45) is 4.61. The van der Waals surface area contributed by atoms with Crippen LogP contribution < -0.4 is 15.4 Å². The SMILES string of the molecule is C=C(NC(CCN(CCCCc1ccc2c(n1)NCCC2)CC(CF)OC)C(=O)O)C(C)(C)c1cccc(OC)n1. The number of aromatic nitrogens is 2. The van der Waals surface area contributed by atoms with Crippen LogP contribution in [0.25, 0.3) is 0 Å². The molecule has 0 bridgehead atoms. The number of carboxylic acids is 1. The van der Waals surface area contributed by atoms with Crippen LogP contribution in [0.2, 0.25) is 0 Å². The second kappa shape index (κ2) is 15.7. The molecule has 0 fully saturated rings. The maximum absolute atomic E-state index is 13.5. The molecule has 0 amide bonds. The van der Waals surface area contributed by atoms with Gasteiger partial charge in [0, 0.05) is 49.6 Å². The van der Waals surface area contributed by atoms with E-state index in [9.17, 15) is 14.3 Å². The zero-order valence-corrected chi connectivity index (χ0v) is 24.9. The molecule has 0 saturated carbocycles. The molecule has 3 rings (SSSR count). The number of hydrogen-bond acceptors (Lipinski definition) is 8. The van der Waals surface area contributed by atoms with E-state index in [4.69, 9.17) is 14.5 Å². The van der Waals surface area contributed by atoms with Gasteiger partial charge in [-0.15, -0.1) is 0 Å². The van der Waals surface area contributed by atoms with Crippen LogP contribution in [-0.2, 0) is 27.8 Å². The number of carboxylic acid groups (broad SMARTS) is 1. The number of pyridine rings is 2. The molecule has 2 atom stereocenters. The molecule has 226 valence electrons. The highest BCUT2D eigenvalue weighted by Gasteiger charge is 2.30. The average Bonchev–Trinajstić information content (AvgIpc) is 2.99. The lowest BCUT2D eigenvalue weighted by Crippen LogP contribution is -2.44. The lowest BCUT2D eigenvalue weighted by molar-refractivity contribution is -0.139. The maximum atomic E-state index is 13.5. The zero-order valence-electron chi connectivity index (χ0n) is 24.9. The first-order valence-corrected chi connectivity index (χ1v) is 14.4. The first-order chi connectivity index (χ1) is 19.7. The number of aliphatic carboxylic acids is 1. The number of alkyl halides is 1. The van der Waals surface area contributed by atoms with Crippen molar-refractivity contribution in [1.82, 2.24) is 20.2 Å². The van der Waals surface area contributed by atoms with Gasteiger partial charge >= 0.3 is 5.97 Å². The van der Waals surface area contributed by atoms with Gasteiger partial charge < -0.3 is 30.1 Å². The molecule has 1 aliphatic rings. The van der Waals surface area contributed by atoms with Crippen LogP contribution in [0.1, 0.15) is 56.5 Å². The molecule has 10 heteroatoms. The Morgan fingerprint density at radius 2 is 2.02 bits per heavy atom. The van der Waals surface area contributed by atoms with E-state index in [2.05, 4.69) is 39.2 Å². The highest BCUT2D eigenvalue weighted by atomic mass is 19.1. The number of rotatable bonds is 18. The quantitative estimate of drug-likeness (QED) is 0.225. The Morgan fingerprint density at radius 3 is 2.73 bits per heavy atom. The molecule has 2 unspecified atom stereocenters. The third-order valence-corrected chi connectivity index (χ3v) is 7.78. The molecule has 0 radical (unpaired) electrons. The van der Waals surface area contributed by atoms with Gasteiger partial charge in [0.1, 0.15) is 18.5 Å². The number of allylic oxidation sites excluding steroid dienone is 1. The molecule has 2 aromatic rings. The molecular formula is C31H46FN5O4. The summed E-state index contributed by atoms with van der Waals surface area (Å²) in [5.74, 6) is 0.509. The predicted octanol–water partition coefficient (Wildman–Crippen LogP) is 4.38. The van der Waals surface area contributed by atoms with Gasteiger partial charge in [0.2, 0.25) is 5.88 Å². The summed E-state index contributed by atoms with van der Waals surface area (Å²) in [5, 5.41) is 16.5. The van der Waals surface area contributed by atoms with Crippen LogP contribution in [0.5, 0.6) is 5.88 Å². The van der Waals surface area contributed by atoms with Crippen LogP contribution in [0.3, 0.4) is 0 Å². The Balaban J connectivity index is 1.57. The van der Waals surface area contributed by atoms with E-state index < -0.39 is 30.2 Å². The van der Waals surface area contributed by atoms with Gasteiger partial charge in [0.25, 0.3) is 0 Å². The molecule has 9 nitrogen and oxygen atoms in total. The Bertz CT molecular complexity index is 1140. The van der Waals surface area contributed by atoms with E-state index in [0.717, 1.165) is 55.9 Å². The lowest BCUT2D eigenvalue weighted by atomic mass is 9.85. The summed E-state index contributed by atoms with van der Waals surface area (Å²) in [4.78, 5) is 23.6. The van der Waals surface area contributed by atoms with E-state index >= 15 is 0 Å². The number of carbonyl (C=O) groups is 1. The van der Waals surface area contributed by atoms with Crippen molar-refractivity contribution in [3.63, 3.8) is 0 Å². The number of aryl methyl sites for hydroxylation is 2. The van der Waals surface area contributed by atoms with Gasteiger partial charge in [-0.25, -0.2) is 19.2 Å². The van der Waals surface area contributed by atoms with E-state index in [0.29, 0.717) is 37.6 Å². The number of methoxy groups -OCH3 is 2. The molecule has 0 saturated heterocycles. The number of unbranched alkanes of at least 4 members (excludes halogenated alkanes) is 1. The summed E-state index contributed by atoms with van der Waals surface area (Å²) >= 11 is 0. The van der Waals surface area contributed by atoms with E-state index in [-0.39, 0.29) is 0 Å². The predicted molar refractivity (Wildman–Crippen MR) is 159 cm³/mol. The van der Waals surface area contributed by atoms with Gasteiger partial charge in [-0.3, -0.25) is 0 Å². The number of ether oxygens (including phenoxy) is 2. The number of hydrogen-bond donors (Lipinski definition) is 3. The minimum atomic E-state index is -0.971. The summed E-state index contributed by atoms with van der Waals surface area (Å²) in [5.41, 5.74) is 2.95. The Kier molecular flexibility index (Phi) is 12.3. The van der Waals surface area contributed by atoms with Crippen molar-refractivity contribution in [2.75, 3.05) is 52.4 Å². The second-order valence-corrected chi connectivity index (χ2v) is 11.1. The fraction of sp³-hybridized carbons (Fsp3) is 0.581. The van der Waals surface area contributed by atoms with E-state index in [1.807, 2.05) is 26.0 Å². The monoisotopic (exact) mass is 571 g/mol. The van der Waals surface area contributed by atoms with E-state index in [1.165, 1.54) is 12.7 Å². The molecule has 0 aliphatic carbocycles. The number of nitrogens with zero attached hydrogens (tertiary/aromatic N) is 3. The number of nitrogens with one attached hydrogen (secondary N) is 2. The fourth-order valence-corrected chi connectivity index (χ4v) is 4.91. The minimum absolute atomic E-state index is 0.316. The normalized spacial score (nSPS) is 14.6. The first-order valence-electron chi connectivity index (χ1n) is 14.4. The second-order valence-electron chi connectivity index (χ2n) is 11.1. The molecule has 2 aromatic heterocycles. The smallest absolute Gasteiger partial charge is 0.326 e. The van der Waals surface area contributed by atoms with Crippen molar-refractivity contribution in [2.45, 2.75) is 69.9 Å². The molecule has 0 aromatic carbocycles. The van der Waals surface area contributed by atoms with Crippen molar-refractivity contribution < 1.29 is 23.8 Å². The van der Waals surface area contributed by atoms with Gasteiger partial charge in [0.05, 0.1) is 18.9 Å². The number of anilines is 1. The van der Waals surface area contributed by atoms with Crippen molar-refractivity contribution >= 4 is 11.8 Å². The third-order valence-electron chi connectivity index (χ3n) is 7.78. The highest BCUT2D eigenvalue weighted by molar-refractivity contribution is 5.73. The molecule has 41 heavy (non-hydrogen) atoms. The van der Waals surface area contributed by atoms with Crippen LogP contribution in [0, 0.1) is 0 Å². The largest absolute Gasteiger partial charge is 0.481 e. The summed E-state index contributed by atoms with van der Waals surface area (Å²) in [6.45, 7) is 9.95. The van der Waals surface area contributed by atoms with Crippen LogP contribution in [0.4, 0.5) is 10.2 Å². The average molecular weight is 572 g/mol. The van der Waals surface area contributed by atoms with Crippen molar-refractivity contribution in [1.29, 1.82) is 0 Å². The Morgan fingerprint density at radius 1 is 1.22 bits per heavy atom. The molecule has 3 heterocycles. The Hall–Kier alpha value is -3.24. The Labute approximate surface area is 243 Å². The lowest BCUT2D eigenvalue weighted by Gasteiger charge is -2.31. The topological polar surface area (TPSA) is 109 Å². The van der Waals surface area contributed by atoms with Gasteiger partial charge in [-0.2, -0.15) is 0 Å². The highest BCUT2D eigenvalue weighted by Crippen LogP contribution is 2.29. The summed E-state index contributed by atoms with van der Waals surface area (Å²) < 4.78 is 24.1. The molecule has 1 aliphatic heterocycles. The molecular weight excluding hydrogens is 525 g/mol.